The van der Waals surface area contributed by atoms with Crippen LogP contribution >= 0.6 is 28.3 Å². The summed E-state index contributed by atoms with van der Waals surface area (Å²) >= 11 is 3.11. The highest BCUT2D eigenvalue weighted by atomic mass is 79.9. The monoisotopic (exact) mass is 304 g/mol. The van der Waals surface area contributed by atoms with E-state index in [9.17, 15) is 13.2 Å². The van der Waals surface area contributed by atoms with Gasteiger partial charge in [0.05, 0.1) is 6.42 Å². The molecule has 0 aromatic carbocycles. The zero-order chi connectivity index (χ0) is 10.8. The van der Waals surface area contributed by atoms with E-state index < -0.39 is 18.6 Å². The summed E-state index contributed by atoms with van der Waals surface area (Å²) < 4.78 is 36.6. The van der Waals surface area contributed by atoms with E-state index >= 15 is 0 Å². The molecule has 0 aliphatic heterocycles. The van der Waals surface area contributed by atoms with Crippen LogP contribution in [-0.4, -0.2) is 11.2 Å². The molecule has 2 nitrogen and oxygen atoms in total. The molecule has 86 valence electrons. The van der Waals surface area contributed by atoms with Crippen LogP contribution in [0.25, 0.3) is 0 Å². The van der Waals surface area contributed by atoms with Crippen LogP contribution in [0.2, 0.25) is 0 Å². The highest BCUT2D eigenvalue weighted by Crippen LogP contribution is 2.28. The third-order valence-electron chi connectivity index (χ3n) is 1.61. The molecule has 0 amide bonds. The van der Waals surface area contributed by atoms with Crippen LogP contribution in [0.15, 0.2) is 22.9 Å². The number of hydrogen-bond acceptors (Lipinski definition) is 2. The van der Waals surface area contributed by atoms with Gasteiger partial charge in [0, 0.05) is 22.9 Å². The number of rotatable bonds is 2. The van der Waals surface area contributed by atoms with Gasteiger partial charge in [0.2, 0.25) is 0 Å². The van der Waals surface area contributed by atoms with Crippen molar-refractivity contribution in [3.63, 3.8) is 0 Å². The van der Waals surface area contributed by atoms with Crippen LogP contribution in [0.5, 0.6) is 0 Å². The Bertz CT molecular complexity index is 319. The molecule has 1 rings (SSSR count). The van der Waals surface area contributed by atoms with Gasteiger partial charge in [-0.1, -0.05) is 0 Å². The van der Waals surface area contributed by atoms with Crippen LogP contribution in [0.3, 0.4) is 0 Å². The van der Waals surface area contributed by atoms with Crippen molar-refractivity contribution in [3.05, 3.63) is 28.5 Å². The van der Waals surface area contributed by atoms with E-state index in [2.05, 4.69) is 20.9 Å². The van der Waals surface area contributed by atoms with E-state index in [0.29, 0.717) is 10.0 Å². The molecule has 0 bridgehead atoms. The van der Waals surface area contributed by atoms with E-state index in [1.807, 2.05) is 0 Å². The quantitative estimate of drug-likeness (QED) is 0.911. The Kier molecular flexibility index (Phi) is 5.55. The molecule has 2 N–H and O–H groups in total. The van der Waals surface area contributed by atoms with E-state index in [4.69, 9.17) is 5.73 Å². The van der Waals surface area contributed by atoms with Crippen molar-refractivity contribution >= 4 is 28.3 Å². The third-order valence-corrected chi connectivity index (χ3v) is 2.04. The molecule has 0 aliphatic rings. The number of alkyl halides is 3. The Morgan fingerprint density at radius 3 is 2.47 bits per heavy atom. The lowest BCUT2D eigenvalue weighted by Gasteiger charge is -2.13. The molecular formula is C8H9BrClF3N2. The standard InChI is InChI=1S/C8H8BrF3N2.ClH/c9-6-1-5(3-14-4-6)7(13)2-8(10,11)12;/h1,3-4,7H,2,13H2;1H/t7-;/m1./s1. The Labute approximate surface area is 99.6 Å². The van der Waals surface area contributed by atoms with Crippen molar-refractivity contribution in [1.82, 2.24) is 4.98 Å². The average Bonchev–Trinajstić information content (AvgIpc) is 2.01. The first-order valence-corrected chi connectivity index (χ1v) is 4.60. The molecule has 1 aromatic rings. The second-order valence-electron chi connectivity index (χ2n) is 2.86. The molecule has 0 saturated heterocycles. The predicted octanol–water partition coefficient (Wildman–Crippen LogP) is 3.22. The summed E-state index contributed by atoms with van der Waals surface area (Å²) in [4.78, 5) is 3.74. The Morgan fingerprint density at radius 1 is 1.40 bits per heavy atom. The van der Waals surface area contributed by atoms with Crippen molar-refractivity contribution in [3.8, 4) is 0 Å². The first-order valence-electron chi connectivity index (χ1n) is 3.81. The number of aromatic nitrogens is 1. The average molecular weight is 306 g/mol. The van der Waals surface area contributed by atoms with Gasteiger partial charge in [0.1, 0.15) is 0 Å². The molecular weight excluding hydrogens is 296 g/mol. The molecule has 0 aliphatic carbocycles. The number of pyridine rings is 1. The minimum Gasteiger partial charge on any atom is -0.324 e. The molecule has 15 heavy (non-hydrogen) atoms. The second kappa shape index (κ2) is 5.67. The van der Waals surface area contributed by atoms with Crippen LogP contribution < -0.4 is 5.73 Å². The van der Waals surface area contributed by atoms with Gasteiger partial charge in [0.15, 0.2) is 0 Å². The van der Waals surface area contributed by atoms with Crippen molar-refractivity contribution in [1.29, 1.82) is 0 Å². The Balaban J connectivity index is 0.00000196. The minimum absolute atomic E-state index is 0. The Hall–Kier alpha value is -0.330. The lowest BCUT2D eigenvalue weighted by atomic mass is 10.1. The molecule has 0 saturated carbocycles. The van der Waals surface area contributed by atoms with Crippen LogP contribution in [-0.2, 0) is 0 Å². The SMILES string of the molecule is Cl.N[C@H](CC(F)(F)F)c1cncc(Br)c1. The Morgan fingerprint density at radius 2 is 2.00 bits per heavy atom. The fourth-order valence-electron chi connectivity index (χ4n) is 0.998. The maximum Gasteiger partial charge on any atom is 0.390 e. The third kappa shape index (κ3) is 5.34. The van der Waals surface area contributed by atoms with Gasteiger partial charge in [-0.3, -0.25) is 4.98 Å². The summed E-state index contributed by atoms with van der Waals surface area (Å²) in [6, 6.07) is 0.476. The number of hydrogen-bond donors (Lipinski definition) is 1. The van der Waals surface area contributed by atoms with E-state index in [0.717, 1.165) is 0 Å². The zero-order valence-corrected chi connectivity index (χ0v) is 9.86. The van der Waals surface area contributed by atoms with Gasteiger partial charge in [-0.15, -0.1) is 12.4 Å². The van der Waals surface area contributed by atoms with Gasteiger partial charge in [-0.05, 0) is 27.6 Å². The summed E-state index contributed by atoms with van der Waals surface area (Å²) in [5.74, 6) is 0. The van der Waals surface area contributed by atoms with E-state index in [1.165, 1.54) is 18.5 Å². The number of nitrogens with two attached hydrogens (primary N) is 1. The van der Waals surface area contributed by atoms with Crippen LogP contribution in [0, 0.1) is 0 Å². The summed E-state index contributed by atoms with van der Waals surface area (Å²) in [5.41, 5.74) is 5.74. The van der Waals surface area contributed by atoms with Crippen LogP contribution in [0.4, 0.5) is 13.2 Å². The van der Waals surface area contributed by atoms with Gasteiger partial charge in [-0.25, -0.2) is 0 Å². The highest BCUT2D eigenvalue weighted by molar-refractivity contribution is 9.10. The normalized spacial score (nSPS) is 13.1. The van der Waals surface area contributed by atoms with Crippen LogP contribution in [0.1, 0.15) is 18.0 Å². The van der Waals surface area contributed by atoms with Gasteiger partial charge in [-0.2, -0.15) is 13.2 Å². The molecule has 1 atom stereocenters. The molecule has 0 spiro atoms. The smallest absolute Gasteiger partial charge is 0.324 e. The molecule has 0 radical (unpaired) electrons. The van der Waals surface area contributed by atoms with Crippen molar-refractivity contribution in [2.75, 3.05) is 0 Å². The summed E-state index contributed by atoms with van der Waals surface area (Å²) in [7, 11) is 0. The van der Waals surface area contributed by atoms with E-state index in [-0.39, 0.29) is 12.4 Å². The van der Waals surface area contributed by atoms with Crippen molar-refractivity contribution < 1.29 is 13.2 Å². The molecule has 1 aromatic heterocycles. The number of halogens is 5. The first-order chi connectivity index (χ1) is 6.38. The predicted molar refractivity (Wildman–Crippen MR) is 56.8 cm³/mol. The fourth-order valence-corrected chi connectivity index (χ4v) is 1.38. The maximum absolute atomic E-state index is 12.0. The lowest BCUT2D eigenvalue weighted by Crippen LogP contribution is -2.20. The second-order valence-corrected chi connectivity index (χ2v) is 3.78. The van der Waals surface area contributed by atoms with Gasteiger partial charge in [0.25, 0.3) is 0 Å². The first kappa shape index (κ1) is 14.7. The largest absolute Gasteiger partial charge is 0.390 e. The van der Waals surface area contributed by atoms with Gasteiger partial charge >= 0.3 is 6.18 Å². The molecule has 1 heterocycles. The molecule has 0 unspecified atom stereocenters. The van der Waals surface area contributed by atoms with Crippen molar-refractivity contribution in [2.24, 2.45) is 5.73 Å². The lowest BCUT2D eigenvalue weighted by molar-refractivity contribution is -0.138. The molecule has 7 heteroatoms. The molecule has 0 fully saturated rings. The number of nitrogens with zero attached hydrogens (tertiary/aromatic N) is 1. The van der Waals surface area contributed by atoms with Crippen molar-refractivity contribution in [2.45, 2.75) is 18.6 Å². The fraction of sp³-hybridized carbons (Fsp3) is 0.375. The topological polar surface area (TPSA) is 38.9 Å². The minimum atomic E-state index is -4.25. The summed E-state index contributed by atoms with van der Waals surface area (Å²) in [5, 5.41) is 0. The summed E-state index contributed by atoms with van der Waals surface area (Å²) in [6.45, 7) is 0. The highest BCUT2D eigenvalue weighted by Gasteiger charge is 2.30. The zero-order valence-electron chi connectivity index (χ0n) is 7.46. The van der Waals surface area contributed by atoms with Gasteiger partial charge < -0.3 is 5.73 Å². The maximum atomic E-state index is 12.0. The summed E-state index contributed by atoms with van der Waals surface area (Å²) in [6.07, 6.45) is -2.46. The van der Waals surface area contributed by atoms with E-state index in [1.54, 1.807) is 0 Å².